The highest BCUT2D eigenvalue weighted by Gasteiger charge is 2.29. The minimum Gasteiger partial charge on any atom is -0.480 e. The van der Waals surface area contributed by atoms with Crippen LogP contribution < -0.4 is 5.32 Å². The molecule has 0 aliphatic heterocycles. The van der Waals surface area contributed by atoms with Gasteiger partial charge in [0, 0.05) is 11.6 Å². The maximum Gasteiger partial charge on any atom is 0.326 e. The molecule has 0 bridgehead atoms. The molecule has 2 aromatic rings. The molecule has 0 radical (unpaired) electrons. The van der Waals surface area contributed by atoms with Crippen LogP contribution in [0.5, 0.6) is 0 Å². The predicted octanol–water partition coefficient (Wildman–Crippen LogP) is 2.01. The number of fused-ring (bicyclic) bond motifs is 1. The van der Waals surface area contributed by atoms with E-state index < -0.39 is 29.8 Å². The average molecular weight is 344 g/mol. The first-order valence-corrected chi connectivity index (χ1v) is 7.97. The molecule has 1 heterocycles. The highest BCUT2D eigenvalue weighted by molar-refractivity contribution is 6.06. The van der Waals surface area contributed by atoms with Crippen molar-refractivity contribution < 1.29 is 24.2 Å². The maximum absolute atomic E-state index is 12.6. The Morgan fingerprint density at radius 3 is 2.64 bits per heavy atom. The Bertz CT molecular complexity index is 785. The van der Waals surface area contributed by atoms with Crippen molar-refractivity contribution in [1.29, 1.82) is 0 Å². The van der Waals surface area contributed by atoms with Gasteiger partial charge < -0.3 is 15.2 Å². The quantitative estimate of drug-likeness (QED) is 0.744. The van der Waals surface area contributed by atoms with Gasteiger partial charge in [-0.1, -0.05) is 25.1 Å². The molecule has 1 aromatic carbocycles. The lowest BCUT2D eigenvalue weighted by Gasteiger charge is -2.21. The van der Waals surface area contributed by atoms with E-state index in [0.29, 0.717) is 5.52 Å². The third kappa shape index (κ3) is 4.53. The van der Waals surface area contributed by atoms with Gasteiger partial charge in [0.05, 0.1) is 24.1 Å². The number of aromatic nitrogens is 1. The van der Waals surface area contributed by atoms with Gasteiger partial charge in [0.15, 0.2) is 0 Å². The van der Waals surface area contributed by atoms with Crippen LogP contribution in [0.3, 0.4) is 0 Å². The second kappa shape index (κ2) is 8.23. The summed E-state index contributed by atoms with van der Waals surface area (Å²) in [6.45, 7) is 3.47. The van der Waals surface area contributed by atoms with Crippen LogP contribution in [0.1, 0.15) is 30.6 Å². The molecule has 2 atom stereocenters. The molecule has 7 nitrogen and oxygen atoms in total. The van der Waals surface area contributed by atoms with E-state index in [2.05, 4.69) is 10.3 Å². The summed E-state index contributed by atoms with van der Waals surface area (Å²) in [6.07, 6.45) is 1.47. The first-order valence-electron chi connectivity index (χ1n) is 7.97. The summed E-state index contributed by atoms with van der Waals surface area (Å²) in [5.74, 6) is -2.88. The van der Waals surface area contributed by atoms with Crippen LogP contribution >= 0.6 is 0 Å². The molecule has 0 saturated heterocycles. The summed E-state index contributed by atoms with van der Waals surface area (Å²) in [6, 6.07) is 7.46. The zero-order valence-corrected chi connectivity index (χ0v) is 14.1. The maximum atomic E-state index is 12.6. The summed E-state index contributed by atoms with van der Waals surface area (Å²) in [4.78, 5) is 39.8. The van der Waals surface area contributed by atoms with Crippen molar-refractivity contribution in [1.82, 2.24) is 10.3 Å². The Hall–Kier alpha value is -2.96. The van der Waals surface area contributed by atoms with Crippen LogP contribution in [0.25, 0.3) is 10.9 Å². The molecular weight excluding hydrogens is 324 g/mol. The van der Waals surface area contributed by atoms with Gasteiger partial charge in [-0.15, -0.1) is 0 Å². The fourth-order valence-electron chi connectivity index (χ4n) is 2.55. The highest BCUT2D eigenvalue weighted by atomic mass is 16.5. The molecule has 0 unspecified atom stereocenters. The molecule has 25 heavy (non-hydrogen) atoms. The normalized spacial score (nSPS) is 13.0. The van der Waals surface area contributed by atoms with Gasteiger partial charge in [-0.2, -0.15) is 0 Å². The van der Waals surface area contributed by atoms with Crippen molar-refractivity contribution in [3.8, 4) is 0 Å². The molecular formula is C18H20N2O5. The number of carboxylic acids is 1. The Labute approximate surface area is 145 Å². The largest absolute Gasteiger partial charge is 0.480 e. The van der Waals surface area contributed by atoms with Crippen LogP contribution in [0, 0.1) is 5.92 Å². The summed E-state index contributed by atoms with van der Waals surface area (Å²) in [7, 11) is 0. The first kappa shape index (κ1) is 18.4. The zero-order chi connectivity index (χ0) is 18.4. The lowest BCUT2D eigenvalue weighted by Crippen LogP contribution is -2.45. The average Bonchev–Trinajstić information content (AvgIpc) is 2.58. The number of benzene rings is 1. The number of hydrogen-bond donors (Lipinski definition) is 2. The number of esters is 1. The summed E-state index contributed by atoms with van der Waals surface area (Å²) in [5, 5.41) is 12.7. The van der Waals surface area contributed by atoms with Crippen molar-refractivity contribution in [3.63, 3.8) is 0 Å². The lowest BCUT2D eigenvalue weighted by molar-refractivity contribution is -0.145. The van der Waals surface area contributed by atoms with Gasteiger partial charge in [0.25, 0.3) is 5.91 Å². The number of rotatable bonds is 7. The van der Waals surface area contributed by atoms with E-state index >= 15 is 0 Å². The molecule has 0 aliphatic carbocycles. The molecule has 1 amide bonds. The van der Waals surface area contributed by atoms with E-state index in [1.165, 1.54) is 0 Å². The topological polar surface area (TPSA) is 106 Å². The Morgan fingerprint density at radius 1 is 1.24 bits per heavy atom. The van der Waals surface area contributed by atoms with Crippen LogP contribution in [-0.2, 0) is 14.3 Å². The number of ether oxygens (including phenoxy) is 1. The molecule has 1 aromatic heterocycles. The lowest BCUT2D eigenvalue weighted by atomic mass is 9.97. The molecule has 0 spiro atoms. The standard InChI is InChI=1S/C18H20N2O5/c1-3-25-14(21)10-11(2)15(18(23)24)20-17(22)13-8-4-6-12-7-5-9-19-16(12)13/h4-9,11,15H,3,10H2,1-2H3,(H,20,22)(H,23,24)/t11-,15+/m1/s1. The summed E-state index contributed by atoms with van der Waals surface area (Å²) < 4.78 is 4.84. The molecule has 2 rings (SSSR count). The molecule has 0 saturated carbocycles. The molecule has 7 heteroatoms. The van der Waals surface area contributed by atoms with Crippen molar-refractivity contribution in [3.05, 3.63) is 42.1 Å². The van der Waals surface area contributed by atoms with E-state index in [1.807, 2.05) is 12.1 Å². The van der Waals surface area contributed by atoms with Crippen LogP contribution in [-0.4, -0.2) is 40.6 Å². The number of nitrogens with zero attached hydrogens (tertiary/aromatic N) is 1. The minimum absolute atomic E-state index is 0.0983. The number of hydrogen-bond acceptors (Lipinski definition) is 5. The van der Waals surface area contributed by atoms with Crippen molar-refractivity contribution in [2.24, 2.45) is 5.92 Å². The second-order valence-corrected chi connectivity index (χ2v) is 5.66. The number of amides is 1. The Balaban J connectivity index is 2.20. The van der Waals surface area contributed by atoms with Crippen molar-refractivity contribution >= 4 is 28.7 Å². The number of nitrogens with one attached hydrogen (secondary N) is 1. The van der Waals surface area contributed by atoms with Gasteiger partial charge >= 0.3 is 11.9 Å². The molecule has 2 N–H and O–H groups in total. The predicted molar refractivity (Wildman–Crippen MR) is 91.0 cm³/mol. The Morgan fingerprint density at radius 2 is 1.96 bits per heavy atom. The molecule has 0 fully saturated rings. The van der Waals surface area contributed by atoms with Crippen molar-refractivity contribution in [2.45, 2.75) is 26.3 Å². The SMILES string of the molecule is CCOC(=O)C[C@@H](C)[C@H](NC(=O)c1cccc2cccnc12)C(=O)O. The highest BCUT2D eigenvalue weighted by Crippen LogP contribution is 2.17. The van der Waals surface area contributed by atoms with Gasteiger partial charge in [0.2, 0.25) is 0 Å². The third-order valence-corrected chi connectivity index (χ3v) is 3.79. The fourth-order valence-corrected chi connectivity index (χ4v) is 2.55. The molecule has 132 valence electrons. The van der Waals surface area contributed by atoms with Gasteiger partial charge in [0.1, 0.15) is 6.04 Å². The molecule has 0 aliphatic rings. The number of aliphatic carboxylic acids is 1. The summed E-state index contributed by atoms with van der Waals surface area (Å²) >= 11 is 0. The smallest absolute Gasteiger partial charge is 0.326 e. The number of carbonyl (C=O) groups excluding carboxylic acids is 2. The number of carbonyl (C=O) groups is 3. The van der Waals surface area contributed by atoms with E-state index in [0.717, 1.165) is 5.39 Å². The Kier molecular flexibility index (Phi) is 6.05. The van der Waals surface area contributed by atoms with E-state index in [4.69, 9.17) is 4.74 Å². The van der Waals surface area contributed by atoms with E-state index in [1.54, 1.807) is 38.2 Å². The van der Waals surface area contributed by atoms with Crippen molar-refractivity contribution in [2.75, 3.05) is 6.61 Å². The van der Waals surface area contributed by atoms with Gasteiger partial charge in [-0.05, 0) is 25.0 Å². The fraction of sp³-hybridized carbons (Fsp3) is 0.333. The summed E-state index contributed by atoms with van der Waals surface area (Å²) in [5.41, 5.74) is 0.775. The van der Waals surface area contributed by atoms with E-state index in [-0.39, 0.29) is 18.6 Å². The number of para-hydroxylation sites is 1. The zero-order valence-electron chi connectivity index (χ0n) is 14.1. The third-order valence-electron chi connectivity index (χ3n) is 3.79. The number of pyridine rings is 1. The minimum atomic E-state index is -1.21. The van der Waals surface area contributed by atoms with Crippen LogP contribution in [0.4, 0.5) is 0 Å². The van der Waals surface area contributed by atoms with Gasteiger partial charge in [-0.25, -0.2) is 4.79 Å². The number of carboxylic acid groups (broad SMARTS) is 1. The first-order chi connectivity index (χ1) is 11.9. The van der Waals surface area contributed by atoms with Gasteiger partial charge in [-0.3, -0.25) is 14.6 Å². The van der Waals surface area contributed by atoms with E-state index in [9.17, 15) is 19.5 Å². The monoisotopic (exact) mass is 344 g/mol. The van der Waals surface area contributed by atoms with Crippen LogP contribution in [0.15, 0.2) is 36.5 Å². The second-order valence-electron chi connectivity index (χ2n) is 5.66. The van der Waals surface area contributed by atoms with Crippen LogP contribution in [0.2, 0.25) is 0 Å².